The highest BCUT2D eigenvalue weighted by Crippen LogP contribution is 2.16. The Kier molecular flexibility index (Phi) is 2.87. The summed E-state index contributed by atoms with van der Waals surface area (Å²) < 4.78 is 4.28. The van der Waals surface area contributed by atoms with Gasteiger partial charge in [0, 0.05) is 17.8 Å². The van der Waals surface area contributed by atoms with Gasteiger partial charge in [0.1, 0.15) is 0 Å². The number of carbonyl (C=O) groups is 1. The molecular formula is C9H7N5O4. The highest BCUT2D eigenvalue weighted by Gasteiger charge is 2.16. The summed E-state index contributed by atoms with van der Waals surface area (Å²) in [7, 11) is 0. The Bertz CT molecular complexity index is 591. The molecular weight excluding hydrogens is 242 g/mol. The van der Waals surface area contributed by atoms with Gasteiger partial charge in [-0.15, -0.1) is 0 Å². The van der Waals surface area contributed by atoms with Gasteiger partial charge in [0.2, 0.25) is 11.5 Å². The van der Waals surface area contributed by atoms with Crippen LogP contribution in [0.5, 0.6) is 0 Å². The highest BCUT2D eigenvalue weighted by atomic mass is 16.6. The van der Waals surface area contributed by atoms with Gasteiger partial charge < -0.3 is 11.1 Å². The summed E-state index contributed by atoms with van der Waals surface area (Å²) in [6.07, 6.45) is 0. The lowest BCUT2D eigenvalue weighted by Crippen LogP contribution is -2.14. The van der Waals surface area contributed by atoms with Crippen molar-refractivity contribution < 1.29 is 14.3 Å². The molecule has 18 heavy (non-hydrogen) atoms. The first-order valence-electron chi connectivity index (χ1n) is 4.72. The van der Waals surface area contributed by atoms with Crippen molar-refractivity contribution in [1.82, 2.24) is 10.3 Å². The van der Waals surface area contributed by atoms with Crippen LogP contribution in [0.3, 0.4) is 0 Å². The van der Waals surface area contributed by atoms with E-state index in [9.17, 15) is 14.9 Å². The van der Waals surface area contributed by atoms with Gasteiger partial charge in [-0.25, -0.2) is 4.63 Å². The second-order valence-electron chi connectivity index (χ2n) is 3.26. The zero-order chi connectivity index (χ0) is 13.1. The molecule has 0 atom stereocenters. The number of hydrogen-bond donors (Lipinski definition) is 2. The molecule has 0 aliphatic heterocycles. The van der Waals surface area contributed by atoms with Crippen molar-refractivity contribution in [3.05, 3.63) is 40.1 Å². The molecule has 9 nitrogen and oxygen atoms in total. The summed E-state index contributed by atoms with van der Waals surface area (Å²) in [5, 5.41) is 19.5. The largest absolute Gasteiger partial charge is 0.379 e. The number of rotatable bonds is 3. The molecule has 0 fully saturated rings. The molecule has 0 aliphatic rings. The number of aromatic nitrogens is 2. The Morgan fingerprint density at radius 2 is 2.00 bits per heavy atom. The van der Waals surface area contributed by atoms with Gasteiger partial charge in [-0.1, -0.05) is 0 Å². The first kappa shape index (κ1) is 11.5. The molecule has 0 radical (unpaired) electrons. The number of amides is 1. The number of nitro benzene ring substituents is 1. The lowest BCUT2D eigenvalue weighted by molar-refractivity contribution is -0.384. The second kappa shape index (κ2) is 4.49. The number of hydrogen-bond acceptors (Lipinski definition) is 7. The number of nitro groups is 1. The number of non-ortho nitro benzene ring substituents is 1. The van der Waals surface area contributed by atoms with Crippen LogP contribution in [-0.2, 0) is 0 Å². The molecule has 0 aliphatic carbocycles. The average Bonchev–Trinajstić information content (AvgIpc) is 2.76. The van der Waals surface area contributed by atoms with Gasteiger partial charge in [-0.05, 0) is 22.4 Å². The summed E-state index contributed by atoms with van der Waals surface area (Å²) in [5.41, 5.74) is 5.49. The lowest BCUT2D eigenvalue weighted by atomic mass is 10.2. The fourth-order valence-corrected chi connectivity index (χ4v) is 1.21. The third-order valence-electron chi connectivity index (χ3n) is 2.06. The number of nitrogens with one attached hydrogen (secondary N) is 1. The van der Waals surface area contributed by atoms with E-state index in [1.54, 1.807) is 0 Å². The lowest BCUT2D eigenvalue weighted by Gasteiger charge is -2.01. The molecule has 3 N–H and O–H groups in total. The highest BCUT2D eigenvalue weighted by molar-refractivity contribution is 6.05. The molecule has 2 aromatic rings. The normalized spacial score (nSPS) is 10.0. The first-order chi connectivity index (χ1) is 8.58. The third-order valence-corrected chi connectivity index (χ3v) is 2.06. The minimum Gasteiger partial charge on any atom is -0.379 e. The van der Waals surface area contributed by atoms with E-state index < -0.39 is 10.8 Å². The van der Waals surface area contributed by atoms with E-state index in [1.807, 2.05) is 0 Å². The fraction of sp³-hybridized carbons (Fsp3) is 0. The van der Waals surface area contributed by atoms with Crippen molar-refractivity contribution in [3.63, 3.8) is 0 Å². The van der Waals surface area contributed by atoms with Crippen molar-refractivity contribution >= 4 is 23.1 Å². The van der Waals surface area contributed by atoms with E-state index in [1.165, 1.54) is 24.3 Å². The maximum Gasteiger partial charge on any atom is 0.281 e. The molecule has 0 unspecified atom stereocenters. The minimum absolute atomic E-state index is 0.0735. The van der Waals surface area contributed by atoms with Crippen LogP contribution >= 0.6 is 0 Å². The summed E-state index contributed by atoms with van der Waals surface area (Å²) >= 11 is 0. The number of anilines is 2. The van der Waals surface area contributed by atoms with Gasteiger partial charge in [0.25, 0.3) is 11.6 Å². The Labute approximate surface area is 99.7 Å². The van der Waals surface area contributed by atoms with Gasteiger partial charge in [0.15, 0.2) is 0 Å². The number of carbonyl (C=O) groups excluding carboxylic acids is 1. The monoisotopic (exact) mass is 249 g/mol. The number of nitrogens with two attached hydrogens (primary N) is 1. The van der Waals surface area contributed by atoms with E-state index in [0.29, 0.717) is 5.69 Å². The van der Waals surface area contributed by atoms with Crippen molar-refractivity contribution in [2.75, 3.05) is 11.1 Å². The summed E-state index contributed by atoms with van der Waals surface area (Å²) in [5.74, 6) is -0.739. The van der Waals surface area contributed by atoms with Crippen LogP contribution in [0.1, 0.15) is 10.5 Å². The topological polar surface area (TPSA) is 137 Å². The Hall–Kier alpha value is -2.97. The van der Waals surface area contributed by atoms with Crippen LogP contribution < -0.4 is 11.1 Å². The number of nitrogens with zero attached hydrogens (tertiary/aromatic N) is 3. The molecule has 0 bridgehead atoms. The van der Waals surface area contributed by atoms with E-state index in [-0.39, 0.29) is 17.2 Å². The molecule has 1 aromatic carbocycles. The molecule has 1 aromatic heterocycles. The van der Waals surface area contributed by atoms with E-state index in [2.05, 4.69) is 20.3 Å². The van der Waals surface area contributed by atoms with Gasteiger partial charge in [-0.2, -0.15) is 0 Å². The van der Waals surface area contributed by atoms with Gasteiger partial charge in [-0.3, -0.25) is 14.9 Å². The van der Waals surface area contributed by atoms with E-state index in [4.69, 9.17) is 5.73 Å². The van der Waals surface area contributed by atoms with E-state index in [0.717, 1.165) is 0 Å². The number of nitrogen functional groups attached to an aromatic ring is 1. The fourth-order valence-electron chi connectivity index (χ4n) is 1.21. The summed E-state index contributed by atoms with van der Waals surface area (Å²) in [6.45, 7) is 0. The zero-order valence-electron chi connectivity index (χ0n) is 8.86. The van der Waals surface area contributed by atoms with Crippen LogP contribution in [0.15, 0.2) is 28.9 Å². The van der Waals surface area contributed by atoms with Gasteiger partial charge >= 0.3 is 0 Å². The first-order valence-corrected chi connectivity index (χ1v) is 4.72. The maximum atomic E-state index is 11.6. The summed E-state index contributed by atoms with van der Waals surface area (Å²) in [6, 6.07) is 5.31. The van der Waals surface area contributed by atoms with Crippen LogP contribution in [-0.4, -0.2) is 21.1 Å². The van der Waals surface area contributed by atoms with Crippen LogP contribution in [0, 0.1) is 10.1 Å². The van der Waals surface area contributed by atoms with Crippen LogP contribution in [0.2, 0.25) is 0 Å². The van der Waals surface area contributed by atoms with Crippen LogP contribution in [0.25, 0.3) is 0 Å². The Balaban J connectivity index is 2.13. The number of benzene rings is 1. The molecule has 0 spiro atoms. The Morgan fingerprint density at radius 3 is 2.50 bits per heavy atom. The van der Waals surface area contributed by atoms with Crippen molar-refractivity contribution in [3.8, 4) is 0 Å². The quantitative estimate of drug-likeness (QED) is 0.606. The Morgan fingerprint density at radius 1 is 1.33 bits per heavy atom. The molecule has 2 rings (SSSR count). The van der Waals surface area contributed by atoms with Crippen molar-refractivity contribution in [1.29, 1.82) is 0 Å². The summed E-state index contributed by atoms with van der Waals surface area (Å²) in [4.78, 5) is 21.5. The molecule has 0 saturated carbocycles. The predicted molar refractivity (Wildman–Crippen MR) is 59.8 cm³/mol. The van der Waals surface area contributed by atoms with Crippen molar-refractivity contribution in [2.45, 2.75) is 0 Å². The second-order valence-corrected chi connectivity index (χ2v) is 3.26. The maximum absolute atomic E-state index is 11.6. The van der Waals surface area contributed by atoms with Gasteiger partial charge in [0.05, 0.1) is 4.92 Å². The SMILES string of the molecule is Nc1nonc1C(=O)Nc1ccc([N+](=O)[O-])cc1. The standard InChI is InChI=1S/C9H7N5O4/c10-8-7(12-18-13-8)9(15)11-5-1-3-6(4-2-5)14(16)17/h1-4H,(H2,10,13)(H,11,15). The molecule has 0 saturated heterocycles. The molecule has 1 amide bonds. The van der Waals surface area contributed by atoms with Crippen LogP contribution in [0.4, 0.5) is 17.2 Å². The average molecular weight is 249 g/mol. The minimum atomic E-state index is -0.609. The zero-order valence-corrected chi connectivity index (χ0v) is 8.86. The molecule has 92 valence electrons. The third kappa shape index (κ3) is 2.24. The smallest absolute Gasteiger partial charge is 0.281 e. The predicted octanol–water partition coefficient (Wildman–Crippen LogP) is 0.812. The molecule has 1 heterocycles. The molecule has 9 heteroatoms. The van der Waals surface area contributed by atoms with Crippen molar-refractivity contribution in [2.24, 2.45) is 0 Å². The van der Waals surface area contributed by atoms with E-state index >= 15 is 0 Å².